The molecule has 1 N–H and O–H groups in total. The topological polar surface area (TPSA) is 51.5 Å². The Balaban J connectivity index is 2.42. The van der Waals surface area contributed by atoms with Crippen LogP contribution in [0.3, 0.4) is 0 Å². The number of aromatic nitrogens is 1. The molecule has 1 aromatic heterocycles. The number of ether oxygens (including phenoxy) is 1. The third kappa shape index (κ3) is 3.73. The summed E-state index contributed by atoms with van der Waals surface area (Å²) in [6.07, 6.45) is 0. The number of halogens is 1. The van der Waals surface area contributed by atoms with Gasteiger partial charge in [0, 0.05) is 21.8 Å². The minimum Gasteiger partial charge on any atom is -0.507 e. The van der Waals surface area contributed by atoms with Gasteiger partial charge in [0.05, 0.1) is 44.4 Å². The molecule has 2 aromatic carbocycles. The third-order valence-corrected chi connectivity index (χ3v) is 4.87. The van der Waals surface area contributed by atoms with E-state index in [0.29, 0.717) is 21.6 Å². The van der Waals surface area contributed by atoms with E-state index in [1.165, 1.54) is 0 Å². The van der Waals surface area contributed by atoms with E-state index in [4.69, 9.17) is 16.3 Å². The summed E-state index contributed by atoms with van der Waals surface area (Å²) in [7, 11) is 6.13. The number of esters is 1. The maximum atomic E-state index is 12.9. The summed E-state index contributed by atoms with van der Waals surface area (Å²) in [6.45, 7) is 4.52. The highest BCUT2D eigenvalue weighted by atomic mass is 35.5. The van der Waals surface area contributed by atoms with Crippen molar-refractivity contribution < 1.29 is 19.1 Å². The van der Waals surface area contributed by atoms with Crippen LogP contribution in [0.15, 0.2) is 36.4 Å². The molecule has 3 aromatic rings. The van der Waals surface area contributed by atoms with Gasteiger partial charge in [-0.1, -0.05) is 17.7 Å². The van der Waals surface area contributed by atoms with Gasteiger partial charge in [0.1, 0.15) is 12.3 Å². The SMILES string of the molecule is CCOC(=O)c1c(C)n(-c2cccc(Cl)c2)c2ccc(O)c(C[N+](C)(C)C)c12. The van der Waals surface area contributed by atoms with Crippen molar-refractivity contribution >= 4 is 28.5 Å². The summed E-state index contributed by atoms with van der Waals surface area (Å²) >= 11 is 6.21. The summed E-state index contributed by atoms with van der Waals surface area (Å²) in [4.78, 5) is 12.9. The normalized spacial score (nSPS) is 11.8. The first-order valence-corrected chi connectivity index (χ1v) is 9.61. The number of quaternary nitrogens is 1. The Hall–Kier alpha value is -2.50. The molecular weight excluding hydrogens is 376 g/mol. The Bertz CT molecular complexity index is 1050. The fourth-order valence-electron chi connectivity index (χ4n) is 3.60. The van der Waals surface area contributed by atoms with Gasteiger partial charge in [0.25, 0.3) is 0 Å². The van der Waals surface area contributed by atoms with Crippen molar-refractivity contribution in [3.8, 4) is 11.4 Å². The summed E-state index contributed by atoms with van der Waals surface area (Å²) < 4.78 is 7.95. The van der Waals surface area contributed by atoms with Gasteiger partial charge in [-0.2, -0.15) is 0 Å². The molecule has 6 heteroatoms. The van der Waals surface area contributed by atoms with Crippen LogP contribution in [0, 0.1) is 6.92 Å². The van der Waals surface area contributed by atoms with Crippen LogP contribution in [0.1, 0.15) is 28.5 Å². The number of rotatable bonds is 5. The fourth-order valence-corrected chi connectivity index (χ4v) is 3.78. The highest BCUT2D eigenvalue weighted by Crippen LogP contribution is 2.37. The zero-order chi connectivity index (χ0) is 20.6. The molecule has 5 nitrogen and oxygen atoms in total. The number of carbonyl (C=O) groups is 1. The lowest BCUT2D eigenvalue weighted by Crippen LogP contribution is -2.33. The largest absolute Gasteiger partial charge is 0.507 e. The minimum atomic E-state index is -0.390. The van der Waals surface area contributed by atoms with Crippen LogP contribution in [0.4, 0.5) is 0 Å². The van der Waals surface area contributed by atoms with E-state index >= 15 is 0 Å². The molecule has 0 spiro atoms. The van der Waals surface area contributed by atoms with Gasteiger partial charge in [-0.05, 0) is 44.2 Å². The molecular formula is C22H26ClN2O3+. The number of carbonyl (C=O) groups excluding carboxylic acids is 1. The second-order valence-electron chi connectivity index (χ2n) is 7.90. The summed E-state index contributed by atoms with van der Waals surface area (Å²) in [5, 5.41) is 12.0. The predicted octanol–water partition coefficient (Wildman–Crippen LogP) is 4.68. The Morgan fingerprint density at radius 1 is 1.21 bits per heavy atom. The molecule has 0 aliphatic rings. The molecule has 0 aliphatic heterocycles. The number of hydrogen-bond acceptors (Lipinski definition) is 3. The van der Waals surface area contributed by atoms with Crippen LogP contribution in [0.25, 0.3) is 16.6 Å². The molecule has 1 heterocycles. The van der Waals surface area contributed by atoms with Crippen molar-refractivity contribution in [1.29, 1.82) is 0 Å². The van der Waals surface area contributed by atoms with Crippen molar-refractivity contribution in [1.82, 2.24) is 4.57 Å². The van der Waals surface area contributed by atoms with Crippen molar-refractivity contribution in [3.63, 3.8) is 0 Å². The second kappa shape index (κ2) is 7.49. The molecule has 0 unspecified atom stereocenters. The van der Waals surface area contributed by atoms with E-state index in [1.807, 2.05) is 63.0 Å². The molecule has 0 radical (unpaired) electrons. The van der Waals surface area contributed by atoms with Crippen molar-refractivity contribution in [2.45, 2.75) is 20.4 Å². The lowest BCUT2D eigenvalue weighted by Gasteiger charge is -2.25. The van der Waals surface area contributed by atoms with Crippen LogP contribution >= 0.6 is 11.6 Å². The van der Waals surface area contributed by atoms with E-state index in [9.17, 15) is 9.90 Å². The molecule has 28 heavy (non-hydrogen) atoms. The maximum absolute atomic E-state index is 12.9. The van der Waals surface area contributed by atoms with E-state index in [-0.39, 0.29) is 18.3 Å². The maximum Gasteiger partial charge on any atom is 0.340 e. The Morgan fingerprint density at radius 3 is 2.54 bits per heavy atom. The van der Waals surface area contributed by atoms with E-state index < -0.39 is 0 Å². The molecule has 0 bridgehead atoms. The second-order valence-corrected chi connectivity index (χ2v) is 8.34. The number of nitrogens with zero attached hydrogens (tertiary/aromatic N) is 2. The minimum absolute atomic E-state index is 0.175. The van der Waals surface area contributed by atoms with Crippen LogP contribution < -0.4 is 0 Å². The highest BCUT2D eigenvalue weighted by molar-refractivity contribution is 6.30. The average Bonchev–Trinajstić information content (AvgIpc) is 2.89. The van der Waals surface area contributed by atoms with Crippen molar-refractivity contribution in [2.24, 2.45) is 0 Å². The van der Waals surface area contributed by atoms with Gasteiger partial charge >= 0.3 is 5.97 Å². The number of hydrogen-bond donors (Lipinski definition) is 1. The standard InChI is InChI=1S/C22H25ClN2O3/c1-6-28-22(27)20-14(2)24(16-9-7-8-15(23)12-16)18-10-11-19(26)17(21(18)20)13-25(3,4)5/h7-12H,6,13H2,1-5H3/p+1. The Labute approximate surface area is 170 Å². The van der Waals surface area contributed by atoms with Crippen LogP contribution in [-0.2, 0) is 11.3 Å². The zero-order valence-electron chi connectivity index (χ0n) is 16.9. The first-order chi connectivity index (χ1) is 13.1. The van der Waals surface area contributed by atoms with E-state index in [1.54, 1.807) is 13.0 Å². The smallest absolute Gasteiger partial charge is 0.340 e. The number of aromatic hydroxyl groups is 1. The molecule has 148 valence electrons. The summed E-state index contributed by atoms with van der Waals surface area (Å²) in [5.41, 5.74) is 3.66. The lowest BCUT2D eigenvalue weighted by molar-refractivity contribution is -0.883. The van der Waals surface area contributed by atoms with Crippen LogP contribution in [0.5, 0.6) is 5.75 Å². The predicted molar refractivity (Wildman–Crippen MR) is 112 cm³/mol. The van der Waals surface area contributed by atoms with Gasteiger partial charge in [0.15, 0.2) is 0 Å². The van der Waals surface area contributed by atoms with Gasteiger partial charge in [0.2, 0.25) is 0 Å². The zero-order valence-corrected chi connectivity index (χ0v) is 17.7. The quantitative estimate of drug-likeness (QED) is 0.498. The highest BCUT2D eigenvalue weighted by Gasteiger charge is 2.27. The number of benzene rings is 2. The summed E-state index contributed by atoms with van der Waals surface area (Å²) in [6, 6.07) is 11.0. The van der Waals surface area contributed by atoms with Gasteiger partial charge in [-0.25, -0.2) is 4.79 Å². The molecule has 3 rings (SSSR count). The van der Waals surface area contributed by atoms with Crippen LogP contribution in [-0.4, -0.2) is 47.9 Å². The fraction of sp³-hybridized carbons (Fsp3) is 0.318. The number of phenolic OH excluding ortho intramolecular Hbond substituents is 1. The van der Waals surface area contributed by atoms with Crippen LogP contribution in [0.2, 0.25) is 5.02 Å². The summed E-state index contributed by atoms with van der Waals surface area (Å²) in [5.74, 6) is -0.214. The molecule has 0 saturated heterocycles. The first-order valence-electron chi connectivity index (χ1n) is 9.23. The third-order valence-electron chi connectivity index (χ3n) is 4.63. The molecule has 0 fully saturated rings. The van der Waals surface area contributed by atoms with Gasteiger partial charge in [-0.3, -0.25) is 0 Å². The van der Waals surface area contributed by atoms with Gasteiger partial charge in [-0.15, -0.1) is 0 Å². The molecule has 0 saturated carbocycles. The molecule has 0 amide bonds. The number of fused-ring (bicyclic) bond motifs is 1. The Kier molecular flexibility index (Phi) is 5.41. The monoisotopic (exact) mass is 401 g/mol. The lowest BCUT2D eigenvalue weighted by atomic mass is 10.0. The average molecular weight is 402 g/mol. The first kappa shape index (κ1) is 20.2. The van der Waals surface area contributed by atoms with E-state index in [0.717, 1.165) is 27.8 Å². The van der Waals surface area contributed by atoms with Gasteiger partial charge < -0.3 is 18.9 Å². The number of phenols is 1. The van der Waals surface area contributed by atoms with E-state index in [2.05, 4.69) is 0 Å². The molecule has 0 aliphatic carbocycles. The van der Waals surface area contributed by atoms with Crippen molar-refractivity contribution in [2.75, 3.05) is 27.7 Å². The van der Waals surface area contributed by atoms with Crippen molar-refractivity contribution in [3.05, 3.63) is 58.2 Å². The Morgan fingerprint density at radius 2 is 1.93 bits per heavy atom. The molecule has 0 atom stereocenters.